The maximum atomic E-state index is 5.96. The van der Waals surface area contributed by atoms with Crippen molar-refractivity contribution in [2.24, 2.45) is 0 Å². The molecule has 4 nitrogen and oxygen atoms in total. The summed E-state index contributed by atoms with van der Waals surface area (Å²) < 4.78 is 11.4. The van der Waals surface area contributed by atoms with Crippen LogP contribution in [0.1, 0.15) is 22.4 Å². The Hall–Kier alpha value is -1.59. The summed E-state index contributed by atoms with van der Waals surface area (Å²) in [6.45, 7) is 6.29. The summed E-state index contributed by atoms with van der Waals surface area (Å²) in [4.78, 5) is 5.35. The number of benzene rings is 1. The average Bonchev–Trinajstić information content (AvgIpc) is 2.88. The molecule has 0 fully saturated rings. The Bertz CT molecular complexity index is 555. The number of rotatable bonds is 7. The molecule has 0 aliphatic carbocycles. The number of nitrogens with zero attached hydrogens (tertiary/aromatic N) is 1. The molecule has 0 unspecified atom stereocenters. The summed E-state index contributed by atoms with van der Waals surface area (Å²) in [5.74, 6) is 1.57. The van der Waals surface area contributed by atoms with E-state index >= 15 is 0 Å². The summed E-state index contributed by atoms with van der Waals surface area (Å²) in [6, 6.07) is 5.95. The molecule has 0 bridgehead atoms. The van der Waals surface area contributed by atoms with Gasteiger partial charge < -0.3 is 14.8 Å². The van der Waals surface area contributed by atoms with Gasteiger partial charge in [-0.25, -0.2) is 4.98 Å². The molecule has 0 saturated heterocycles. The number of methoxy groups -OCH3 is 1. The van der Waals surface area contributed by atoms with E-state index in [1.165, 1.54) is 0 Å². The van der Waals surface area contributed by atoms with Gasteiger partial charge in [-0.2, -0.15) is 0 Å². The molecule has 1 aromatic carbocycles. The monoisotopic (exact) mass is 292 g/mol. The second-order valence-electron chi connectivity index (χ2n) is 4.36. The Morgan fingerprint density at radius 3 is 2.85 bits per heavy atom. The number of para-hydroxylation sites is 1. The zero-order chi connectivity index (χ0) is 14.4. The van der Waals surface area contributed by atoms with Crippen LogP contribution in [0.2, 0.25) is 0 Å². The molecular formula is C15H20N2O2S. The van der Waals surface area contributed by atoms with Gasteiger partial charge in [0.1, 0.15) is 6.61 Å². The van der Waals surface area contributed by atoms with Crippen LogP contribution in [0.15, 0.2) is 24.4 Å². The summed E-state index contributed by atoms with van der Waals surface area (Å²) in [7, 11) is 1.66. The molecule has 0 aliphatic rings. The van der Waals surface area contributed by atoms with Gasteiger partial charge in [-0.3, -0.25) is 0 Å². The molecule has 0 saturated carbocycles. The summed E-state index contributed by atoms with van der Waals surface area (Å²) >= 11 is 1.65. The van der Waals surface area contributed by atoms with Gasteiger partial charge in [-0.1, -0.05) is 19.1 Å². The zero-order valence-corrected chi connectivity index (χ0v) is 12.9. The minimum atomic E-state index is 0.519. The maximum absolute atomic E-state index is 5.96. The van der Waals surface area contributed by atoms with E-state index in [1.807, 2.05) is 25.3 Å². The smallest absolute Gasteiger partial charge is 0.166 e. The van der Waals surface area contributed by atoms with E-state index in [2.05, 4.69) is 23.3 Å². The van der Waals surface area contributed by atoms with Crippen LogP contribution in [-0.4, -0.2) is 18.6 Å². The number of thiazole rings is 1. The van der Waals surface area contributed by atoms with Crippen molar-refractivity contribution in [1.29, 1.82) is 0 Å². The molecule has 5 heteroatoms. The van der Waals surface area contributed by atoms with Crippen LogP contribution in [0.3, 0.4) is 0 Å². The van der Waals surface area contributed by atoms with Crippen LogP contribution in [0, 0.1) is 6.92 Å². The molecule has 1 N–H and O–H groups in total. The van der Waals surface area contributed by atoms with Crippen LogP contribution >= 0.6 is 11.3 Å². The lowest BCUT2D eigenvalue weighted by Crippen LogP contribution is -2.13. The lowest BCUT2D eigenvalue weighted by molar-refractivity contribution is 0.283. The molecule has 1 heterocycles. The summed E-state index contributed by atoms with van der Waals surface area (Å²) in [5, 5.41) is 4.37. The van der Waals surface area contributed by atoms with E-state index in [-0.39, 0.29) is 0 Å². The molecule has 2 aromatic rings. The van der Waals surface area contributed by atoms with Gasteiger partial charge in [0.2, 0.25) is 0 Å². The average molecular weight is 292 g/mol. The van der Waals surface area contributed by atoms with Gasteiger partial charge in [0, 0.05) is 18.3 Å². The van der Waals surface area contributed by atoms with Crippen LogP contribution in [0.25, 0.3) is 0 Å². The van der Waals surface area contributed by atoms with Crippen molar-refractivity contribution in [3.05, 3.63) is 39.8 Å². The van der Waals surface area contributed by atoms with E-state index in [9.17, 15) is 0 Å². The zero-order valence-electron chi connectivity index (χ0n) is 12.1. The van der Waals surface area contributed by atoms with E-state index in [4.69, 9.17) is 9.47 Å². The van der Waals surface area contributed by atoms with Gasteiger partial charge in [0.25, 0.3) is 0 Å². The van der Waals surface area contributed by atoms with E-state index in [0.717, 1.165) is 40.0 Å². The molecular weight excluding hydrogens is 272 g/mol. The van der Waals surface area contributed by atoms with Crippen molar-refractivity contribution in [2.45, 2.75) is 27.0 Å². The Kier molecular flexibility index (Phi) is 5.38. The summed E-state index contributed by atoms with van der Waals surface area (Å²) in [6.07, 6.45) is 1.86. The standard InChI is InChI=1S/C15H20N2O2S/c1-4-16-8-12-6-5-7-14(18-3)15(12)19-10-13-9-17-11(2)20-13/h5-7,9,16H,4,8,10H2,1-3H3. The van der Waals surface area contributed by atoms with Crippen molar-refractivity contribution in [2.75, 3.05) is 13.7 Å². The number of hydrogen-bond donors (Lipinski definition) is 1. The first-order valence-corrected chi connectivity index (χ1v) is 7.47. The molecule has 1 aromatic heterocycles. The quantitative estimate of drug-likeness (QED) is 0.851. The van der Waals surface area contributed by atoms with E-state index < -0.39 is 0 Å². The Labute approximate surface area is 123 Å². The highest BCUT2D eigenvalue weighted by Crippen LogP contribution is 2.32. The van der Waals surface area contributed by atoms with Crippen molar-refractivity contribution < 1.29 is 9.47 Å². The minimum absolute atomic E-state index is 0.519. The molecule has 0 aliphatic heterocycles. The molecule has 108 valence electrons. The SMILES string of the molecule is CCNCc1cccc(OC)c1OCc1cnc(C)s1. The largest absolute Gasteiger partial charge is 0.493 e. The van der Waals surface area contributed by atoms with Crippen LogP contribution in [0.5, 0.6) is 11.5 Å². The fourth-order valence-electron chi connectivity index (χ4n) is 1.90. The van der Waals surface area contributed by atoms with Crippen LogP contribution in [-0.2, 0) is 13.2 Å². The van der Waals surface area contributed by atoms with Crippen LogP contribution < -0.4 is 14.8 Å². The van der Waals surface area contributed by atoms with Crippen molar-refractivity contribution >= 4 is 11.3 Å². The normalized spacial score (nSPS) is 10.6. The van der Waals surface area contributed by atoms with Crippen molar-refractivity contribution in [1.82, 2.24) is 10.3 Å². The second kappa shape index (κ2) is 7.26. The number of aryl methyl sites for hydroxylation is 1. The fourth-order valence-corrected chi connectivity index (χ4v) is 2.61. The topological polar surface area (TPSA) is 43.4 Å². The highest BCUT2D eigenvalue weighted by atomic mass is 32.1. The number of nitrogens with one attached hydrogen (secondary N) is 1. The first-order valence-electron chi connectivity index (χ1n) is 6.65. The second-order valence-corrected chi connectivity index (χ2v) is 5.68. The predicted molar refractivity (Wildman–Crippen MR) is 81.6 cm³/mol. The third-order valence-corrected chi connectivity index (χ3v) is 3.76. The van der Waals surface area contributed by atoms with E-state index in [0.29, 0.717) is 6.61 Å². The number of aromatic nitrogens is 1. The lowest BCUT2D eigenvalue weighted by Gasteiger charge is -2.14. The Balaban J connectivity index is 2.14. The highest BCUT2D eigenvalue weighted by molar-refractivity contribution is 7.11. The summed E-state index contributed by atoms with van der Waals surface area (Å²) in [5.41, 5.74) is 1.10. The van der Waals surface area contributed by atoms with Gasteiger partial charge in [-0.15, -0.1) is 11.3 Å². The van der Waals surface area contributed by atoms with Gasteiger partial charge >= 0.3 is 0 Å². The molecule has 0 spiro atoms. The molecule has 0 radical (unpaired) electrons. The predicted octanol–water partition coefficient (Wildman–Crippen LogP) is 3.15. The van der Waals surface area contributed by atoms with Gasteiger partial charge in [0.15, 0.2) is 11.5 Å². The lowest BCUT2D eigenvalue weighted by atomic mass is 10.2. The molecule has 0 amide bonds. The third-order valence-electron chi connectivity index (χ3n) is 2.87. The van der Waals surface area contributed by atoms with Crippen molar-refractivity contribution in [3.63, 3.8) is 0 Å². The van der Waals surface area contributed by atoms with Gasteiger partial charge in [0.05, 0.1) is 17.0 Å². The number of hydrogen-bond acceptors (Lipinski definition) is 5. The first-order chi connectivity index (χ1) is 9.74. The Morgan fingerprint density at radius 1 is 1.35 bits per heavy atom. The van der Waals surface area contributed by atoms with Gasteiger partial charge in [-0.05, 0) is 19.5 Å². The van der Waals surface area contributed by atoms with E-state index in [1.54, 1.807) is 18.4 Å². The third kappa shape index (κ3) is 3.71. The molecule has 2 rings (SSSR count). The Morgan fingerprint density at radius 2 is 2.20 bits per heavy atom. The molecule has 20 heavy (non-hydrogen) atoms. The van der Waals surface area contributed by atoms with Crippen LogP contribution in [0.4, 0.5) is 0 Å². The number of ether oxygens (including phenoxy) is 2. The highest BCUT2D eigenvalue weighted by Gasteiger charge is 2.11. The fraction of sp³-hybridized carbons (Fsp3) is 0.400. The maximum Gasteiger partial charge on any atom is 0.166 e. The van der Waals surface area contributed by atoms with Crippen molar-refractivity contribution in [3.8, 4) is 11.5 Å². The minimum Gasteiger partial charge on any atom is -0.493 e. The first kappa shape index (κ1) is 14.8. The molecule has 0 atom stereocenters.